The molecule has 1 saturated heterocycles. The normalized spacial score (nSPS) is 16.3. The van der Waals surface area contributed by atoms with Crippen molar-refractivity contribution in [3.8, 4) is 17.1 Å². The summed E-state index contributed by atoms with van der Waals surface area (Å²) >= 11 is 0. The number of piperidine rings is 1. The molecule has 0 atom stereocenters. The van der Waals surface area contributed by atoms with Gasteiger partial charge in [-0.25, -0.2) is 4.98 Å². The minimum atomic E-state index is 0.200. The number of H-pyrrole nitrogens is 1. The molecule has 112 valence electrons. The Kier molecular flexibility index (Phi) is 4.25. The average molecular weight is 285 g/mol. The van der Waals surface area contributed by atoms with E-state index in [1.807, 2.05) is 32.2 Å². The van der Waals surface area contributed by atoms with Crippen molar-refractivity contribution in [2.24, 2.45) is 0 Å². The number of hydrogen-bond donors (Lipinski definition) is 2. The molecule has 1 aliphatic heterocycles. The number of aromatic amines is 1. The molecule has 1 aliphatic rings. The van der Waals surface area contributed by atoms with E-state index in [4.69, 9.17) is 4.74 Å². The zero-order valence-corrected chi connectivity index (χ0v) is 12.7. The second kappa shape index (κ2) is 6.31. The highest BCUT2D eigenvalue weighted by Gasteiger charge is 2.17. The highest BCUT2D eigenvalue weighted by molar-refractivity contribution is 5.56. The molecule has 3 rings (SSSR count). The van der Waals surface area contributed by atoms with Crippen molar-refractivity contribution in [2.45, 2.75) is 38.7 Å². The second-order valence-electron chi connectivity index (χ2n) is 5.90. The zero-order valence-electron chi connectivity index (χ0n) is 12.7. The Bertz CT molecular complexity index is 568. The lowest BCUT2D eigenvalue weighted by Crippen LogP contribution is -2.26. The highest BCUT2D eigenvalue weighted by Crippen LogP contribution is 2.26. The molecular formula is C17H23N3O. The maximum Gasteiger partial charge on any atom is 0.137 e. The summed E-state index contributed by atoms with van der Waals surface area (Å²) in [5.74, 6) is 2.45. The van der Waals surface area contributed by atoms with Gasteiger partial charge in [-0.1, -0.05) is 0 Å². The van der Waals surface area contributed by atoms with Crippen molar-refractivity contribution < 1.29 is 4.74 Å². The second-order valence-corrected chi connectivity index (χ2v) is 5.90. The van der Waals surface area contributed by atoms with Crippen molar-refractivity contribution in [1.29, 1.82) is 0 Å². The van der Waals surface area contributed by atoms with Crippen LogP contribution in [0, 0.1) is 0 Å². The van der Waals surface area contributed by atoms with Gasteiger partial charge in [0, 0.05) is 23.4 Å². The number of rotatable bonds is 4. The third-order valence-corrected chi connectivity index (χ3v) is 3.87. The number of benzene rings is 1. The van der Waals surface area contributed by atoms with Crippen LogP contribution in [-0.4, -0.2) is 29.2 Å². The number of ether oxygens (including phenoxy) is 1. The lowest BCUT2D eigenvalue weighted by Gasteiger charge is -2.21. The van der Waals surface area contributed by atoms with Crippen molar-refractivity contribution in [2.75, 3.05) is 13.1 Å². The van der Waals surface area contributed by atoms with E-state index in [1.165, 1.54) is 18.5 Å². The Hall–Kier alpha value is -1.81. The molecule has 0 amide bonds. The van der Waals surface area contributed by atoms with Crippen molar-refractivity contribution in [3.05, 3.63) is 36.2 Å². The van der Waals surface area contributed by atoms with Gasteiger partial charge in [0.1, 0.15) is 11.6 Å². The molecule has 0 radical (unpaired) electrons. The van der Waals surface area contributed by atoms with Gasteiger partial charge in [-0.05, 0) is 64.0 Å². The smallest absolute Gasteiger partial charge is 0.137 e. The summed E-state index contributed by atoms with van der Waals surface area (Å²) in [5, 5.41) is 3.40. The van der Waals surface area contributed by atoms with Gasteiger partial charge in [-0.15, -0.1) is 0 Å². The molecule has 0 spiro atoms. The number of hydrogen-bond acceptors (Lipinski definition) is 3. The molecule has 21 heavy (non-hydrogen) atoms. The maximum atomic E-state index is 5.67. The van der Waals surface area contributed by atoms with Gasteiger partial charge in [0.15, 0.2) is 0 Å². The summed E-state index contributed by atoms with van der Waals surface area (Å²) in [5.41, 5.74) is 2.36. The van der Waals surface area contributed by atoms with Crippen LogP contribution in [0.3, 0.4) is 0 Å². The van der Waals surface area contributed by atoms with E-state index in [0.717, 1.165) is 30.2 Å². The van der Waals surface area contributed by atoms with Crippen LogP contribution in [0.1, 0.15) is 38.3 Å². The Labute approximate surface area is 125 Å². The van der Waals surface area contributed by atoms with Gasteiger partial charge in [-0.3, -0.25) is 0 Å². The largest absolute Gasteiger partial charge is 0.491 e. The summed E-state index contributed by atoms with van der Waals surface area (Å²) in [6.07, 6.45) is 4.56. The summed E-state index contributed by atoms with van der Waals surface area (Å²) in [6, 6.07) is 8.12. The lowest BCUT2D eigenvalue weighted by molar-refractivity contribution is 0.242. The fraction of sp³-hybridized carbons (Fsp3) is 0.471. The van der Waals surface area contributed by atoms with E-state index in [2.05, 4.69) is 27.4 Å². The molecule has 2 aromatic rings. The van der Waals surface area contributed by atoms with Gasteiger partial charge in [0.2, 0.25) is 0 Å². The standard InChI is InChI=1S/C17H23N3O/c1-12(2)21-15-5-3-14(4-6-15)17-19-11-16(20-17)13-7-9-18-10-8-13/h3-6,11-13,18H,7-10H2,1-2H3,(H,19,20). The summed E-state index contributed by atoms with van der Waals surface area (Å²) in [4.78, 5) is 8.02. The van der Waals surface area contributed by atoms with Crippen LogP contribution in [0.25, 0.3) is 11.4 Å². The Morgan fingerprint density at radius 2 is 1.86 bits per heavy atom. The molecule has 1 aromatic carbocycles. The van der Waals surface area contributed by atoms with Gasteiger partial charge >= 0.3 is 0 Å². The summed E-state index contributed by atoms with van der Waals surface area (Å²) < 4.78 is 5.67. The fourth-order valence-electron chi connectivity index (χ4n) is 2.79. The number of nitrogens with zero attached hydrogens (tertiary/aromatic N) is 1. The van der Waals surface area contributed by atoms with Gasteiger partial charge in [0.05, 0.1) is 6.10 Å². The predicted molar refractivity (Wildman–Crippen MR) is 84.6 cm³/mol. The first-order chi connectivity index (χ1) is 10.2. The first-order valence-corrected chi connectivity index (χ1v) is 7.75. The summed E-state index contributed by atoms with van der Waals surface area (Å²) in [7, 11) is 0. The molecular weight excluding hydrogens is 262 g/mol. The van der Waals surface area contributed by atoms with E-state index in [-0.39, 0.29) is 6.10 Å². The van der Waals surface area contributed by atoms with E-state index in [9.17, 15) is 0 Å². The molecule has 0 unspecified atom stereocenters. The van der Waals surface area contributed by atoms with Gasteiger partial charge in [-0.2, -0.15) is 0 Å². The van der Waals surface area contributed by atoms with Crippen LogP contribution in [0.4, 0.5) is 0 Å². The molecule has 2 N–H and O–H groups in total. The third kappa shape index (κ3) is 3.45. The topological polar surface area (TPSA) is 49.9 Å². The van der Waals surface area contributed by atoms with Crippen LogP contribution in [0.5, 0.6) is 5.75 Å². The van der Waals surface area contributed by atoms with Crippen molar-refractivity contribution in [3.63, 3.8) is 0 Å². The minimum Gasteiger partial charge on any atom is -0.491 e. The van der Waals surface area contributed by atoms with Crippen molar-refractivity contribution in [1.82, 2.24) is 15.3 Å². The molecule has 1 fully saturated rings. The predicted octanol–water partition coefficient (Wildman–Crippen LogP) is 3.33. The monoisotopic (exact) mass is 285 g/mol. The molecule has 0 saturated carbocycles. The van der Waals surface area contributed by atoms with E-state index in [1.54, 1.807) is 0 Å². The molecule has 2 heterocycles. The molecule has 0 bridgehead atoms. The van der Waals surface area contributed by atoms with Crippen LogP contribution in [0.2, 0.25) is 0 Å². The first-order valence-electron chi connectivity index (χ1n) is 7.75. The molecule has 0 aliphatic carbocycles. The van der Waals surface area contributed by atoms with E-state index >= 15 is 0 Å². The molecule has 4 nitrogen and oxygen atoms in total. The lowest BCUT2D eigenvalue weighted by atomic mass is 9.95. The first kappa shape index (κ1) is 14.1. The Morgan fingerprint density at radius 1 is 1.14 bits per heavy atom. The van der Waals surface area contributed by atoms with Crippen LogP contribution in [0.15, 0.2) is 30.5 Å². The molecule has 4 heteroatoms. The van der Waals surface area contributed by atoms with Crippen molar-refractivity contribution >= 4 is 0 Å². The van der Waals surface area contributed by atoms with E-state index < -0.39 is 0 Å². The van der Waals surface area contributed by atoms with Gasteiger partial charge in [0.25, 0.3) is 0 Å². The van der Waals surface area contributed by atoms with E-state index in [0.29, 0.717) is 5.92 Å². The number of nitrogens with one attached hydrogen (secondary N) is 2. The number of aromatic nitrogens is 2. The fourth-order valence-corrected chi connectivity index (χ4v) is 2.79. The average Bonchev–Trinajstić information content (AvgIpc) is 2.98. The Balaban J connectivity index is 1.73. The Morgan fingerprint density at radius 3 is 2.52 bits per heavy atom. The maximum absolute atomic E-state index is 5.67. The van der Waals surface area contributed by atoms with Crippen LogP contribution < -0.4 is 10.1 Å². The highest BCUT2D eigenvalue weighted by atomic mass is 16.5. The van der Waals surface area contributed by atoms with Crippen LogP contribution >= 0.6 is 0 Å². The number of imidazole rings is 1. The SMILES string of the molecule is CC(C)Oc1ccc(-c2ncc(C3CCNCC3)[nH]2)cc1. The quantitative estimate of drug-likeness (QED) is 0.906. The minimum absolute atomic E-state index is 0.200. The summed E-state index contributed by atoms with van der Waals surface area (Å²) in [6.45, 7) is 6.26. The van der Waals surface area contributed by atoms with Gasteiger partial charge < -0.3 is 15.0 Å². The zero-order chi connectivity index (χ0) is 14.7. The third-order valence-electron chi connectivity index (χ3n) is 3.87. The van der Waals surface area contributed by atoms with Crippen LogP contribution in [-0.2, 0) is 0 Å². The molecule has 1 aromatic heterocycles.